The van der Waals surface area contributed by atoms with Crippen LogP contribution in [-0.2, 0) is 5.60 Å². The second-order valence-electron chi connectivity index (χ2n) is 3.28. The third kappa shape index (κ3) is 2.41. The number of rotatable bonds is 1. The van der Waals surface area contributed by atoms with Gasteiger partial charge in [-0.15, -0.1) is 5.92 Å². The van der Waals surface area contributed by atoms with E-state index in [1.165, 1.54) is 19.1 Å². The third-order valence-corrected chi connectivity index (χ3v) is 2.13. The Hall–Kier alpha value is -1.98. The lowest BCUT2D eigenvalue weighted by Gasteiger charge is -2.25. The van der Waals surface area contributed by atoms with Crippen LogP contribution in [0.3, 0.4) is 0 Å². The maximum atomic E-state index is 12.8. The van der Waals surface area contributed by atoms with Crippen molar-refractivity contribution in [1.29, 1.82) is 5.26 Å². The van der Waals surface area contributed by atoms with Gasteiger partial charge >= 0.3 is 6.18 Å². The van der Waals surface area contributed by atoms with Crippen LogP contribution in [0.5, 0.6) is 0 Å². The minimum Gasteiger partial charge on any atom is -0.366 e. The number of nitriles is 1. The lowest BCUT2D eigenvalue weighted by molar-refractivity contribution is -0.240. The van der Waals surface area contributed by atoms with E-state index in [1.807, 2.05) is 5.92 Å². The molecule has 0 aliphatic rings. The summed E-state index contributed by atoms with van der Waals surface area (Å²) < 4.78 is 38.3. The number of nitrogens with zero attached hydrogens (tertiary/aromatic N) is 1. The molecule has 0 heterocycles. The second kappa shape index (κ2) is 4.48. The van der Waals surface area contributed by atoms with Crippen LogP contribution >= 0.6 is 0 Å². The van der Waals surface area contributed by atoms with E-state index in [0.29, 0.717) is 0 Å². The molecule has 1 aromatic rings. The maximum Gasteiger partial charge on any atom is 0.433 e. The van der Waals surface area contributed by atoms with Crippen LogP contribution in [-0.4, -0.2) is 11.3 Å². The molecule has 0 aliphatic carbocycles. The van der Waals surface area contributed by atoms with Crippen LogP contribution in [0.15, 0.2) is 24.3 Å². The molecule has 1 rings (SSSR count). The summed E-state index contributed by atoms with van der Waals surface area (Å²) in [5.74, 6) is 3.79. The molecule has 0 spiro atoms. The number of hydrogen-bond donors (Lipinski definition) is 1. The Bertz CT molecular complexity index is 519. The van der Waals surface area contributed by atoms with Crippen LogP contribution in [0.2, 0.25) is 0 Å². The van der Waals surface area contributed by atoms with Gasteiger partial charge in [0.05, 0.1) is 11.6 Å². The zero-order valence-corrected chi connectivity index (χ0v) is 8.84. The summed E-state index contributed by atoms with van der Waals surface area (Å²) in [6.07, 6.45) is -4.93. The monoisotopic (exact) mass is 239 g/mol. The normalized spacial score (nSPS) is 14.1. The molecule has 1 atom stereocenters. The van der Waals surface area contributed by atoms with E-state index in [4.69, 9.17) is 5.26 Å². The van der Waals surface area contributed by atoms with Crippen molar-refractivity contribution < 1.29 is 18.3 Å². The predicted octanol–water partition coefficient (Wildman–Crippen LogP) is 2.33. The van der Waals surface area contributed by atoms with Gasteiger partial charge in [0.15, 0.2) is 0 Å². The van der Waals surface area contributed by atoms with E-state index in [9.17, 15) is 18.3 Å². The van der Waals surface area contributed by atoms with Crippen LogP contribution in [0.25, 0.3) is 0 Å². The summed E-state index contributed by atoms with van der Waals surface area (Å²) in [5.41, 5.74) is -3.67. The van der Waals surface area contributed by atoms with Gasteiger partial charge in [-0.25, -0.2) is 0 Å². The molecule has 1 aromatic carbocycles. The number of aliphatic hydroxyl groups is 1. The van der Waals surface area contributed by atoms with Crippen molar-refractivity contribution in [3.63, 3.8) is 0 Å². The SMILES string of the molecule is CC#CC(O)(c1cccc(C#N)c1)C(F)(F)F. The Morgan fingerprint density at radius 3 is 2.41 bits per heavy atom. The first-order chi connectivity index (χ1) is 7.85. The minimum atomic E-state index is -4.93. The van der Waals surface area contributed by atoms with Gasteiger partial charge in [0.2, 0.25) is 5.60 Å². The topological polar surface area (TPSA) is 44.0 Å². The number of hydrogen-bond acceptors (Lipinski definition) is 2. The van der Waals surface area contributed by atoms with Crippen molar-refractivity contribution in [2.24, 2.45) is 0 Å². The first-order valence-corrected chi connectivity index (χ1v) is 4.59. The van der Waals surface area contributed by atoms with Gasteiger partial charge in [0.1, 0.15) is 0 Å². The molecule has 0 aromatic heterocycles. The molecule has 88 valence electrons. The summed E-state index contributed by atoms with van der Waals surface area (Å²) >= 11 is 0. The van der Waals surface area contributed by atoms with Crippen LogP contribution in [0, 0.1) is 23.2 Å². The molecule has 0 bridgehead atoms. The summed E-state index contributed by atoms with van der Waals surface area (Å²) in [5, 5.41) is 18.2. The Balaban J connectivity index is 3.42. The molecule has 0 amide bonds. The van der Waals surface area contributed by atoms with Gasteiger partial charge in [-0.1, -0.05) is 18.1 Å². The van der Waals surface area contributed by atoms with Crippen molar-refractivity contribution in [1.82, 2.24) is 0 Å². The molecule has 0 aliphatic heterocycles. The Morgan fingerprint density at radius 2 is 1.94 bits per heavy atom. The van der Waals surface area contributed by atoms with E-state index < -0.39 is 17.3 Å². The van der Waals surface area contributed by atoms with Gasteiger partial charge in [-0.2, -0.15) is 18.4 Å². The molecule has 5 heteroatoms. The van der Waals surface area contributed by atoms with Crippen LogP contribution < -0.4 is 0 Å². The molecule has 0 saturated carbocycles. The van der Waals surface area contributed by atoms with E-state index in [2.05, 4.69) is 0 Å². The van der Waals surface area contributed by atoms with E-state index in [-0.39, 0.29) is 5.56 Å². The molecule has 1 N–H and O–H groups in total. The van der Waals surface area contributed by atoms with Gasteiger partial charge in [-0.3, -0.25) is 0 Å². The zero-order chi connectivity index (χ0) is 13.1. The first kappa shape index (κ1) is 13.1. The van der Waals surface area contributed by atoms with Gasteiger partial charge < -0.3 is 5.11 Å². The van der Waals surface area contributed by atoms with Crippen LogP contribution in [0.1, 0.15) is 18.1 Å². The Labute approximate surface area is 96.3 Å². The highest BCUT2D eigenvalue weighted by molar-refractivity contribution is 5.40. The lowest BCUT2D eigenvalue weighted by atomic mass is 9.92. The molecule has 2 nitrogen and oxygen atoms in total. The molecule has 0 saturated heterocycles. The standard InChI is InChI=1S/C12H8F3NO/c1-2-6-11(17,12(13,14)15)10-5-3-4-9(7-10)8-16/h3-5,7,17H,1H3. The van der Waals surface area contributed by atoms with Crippen molar-refractivity contribution in [2.45, 2.75) is 18.7 Å². The fraction of sp³-hybridized carbons (Fsp3) is 0.250. The Morgan fingerprint density at radius 1 is 1.29 bits per heavy atom. The third-order valence-electron chi connectivity index (χ3n) is 2.13. The average molecular weight is 239 g/mol. The average Bonchev–Trinajstić information content (AvgIpc) is 2.28. The summed E-state index contributed by atoms with van der Waals surface area (Å²) in [6.45, 7) is 1.20. The van der Waals surface area contributed by atoms with E-state index >= 15 is 0 Å². The summed E-state index contributed by atoms with van der Waals surface area (Å²) in [6, 6.07) is 6.37. The van der Waals surface area contributed by atoms with Gasteiger partial charge in [0.25, 0.3) is 0 Å². The van der Waals surface area contributed by atoms with Crippen molar-refractivity contribution in [3.05, 3.63) is 35.4 Å². The fourth-order valence-corrected chi connectivity index (χ4v) is 1.30. The van der Waals surface area contributed by atoms with Crippen LogP contribution in [0.4, 0.5) is 13.2 Å². The smallest absolute Gasteiger partial charge is 0.366 e. The van der Waals surface area contributed by atoms with Crippen molar-refractivity contribution in [3.8, 4) is 17.9 Å². The van der Waals surface area contributed by atoms with Gasteiger partial charge in [-0.05, 0) is 19.1 Å². The Kier molecular flexibility index (Phi) is 3.45. The molecule has 0 fully saturated rings. The largest absolute Gasteiger partial charge is 0.433 e. The quantitative estimate of drug-likeness (QED) is 0.764. The van der Waals surface area contributed by atoms with Crippen molar-refractivity contribution >= 4 is 0 Å². The molecule has 17 heavy (non-hydrogen) atoms. The van der Waals surface area contributed by atoms with Crippen molar-refractivity contribution in [2.75, 3.05) is 0 Å². The number of benzene rings is 1. The fourth-order valence-electron chi connectivity index (χ4n) is 1.30. The first-order valence-electron chi connectivity index (χ1n) is 4.59. The van der Waals surface area contributed by atoms with E-state index in [0.717, 1.165) is 12.1 Å². The van der Waals surface area contributed by atoms with E-state index in [1.54, 1.807) is 12.0 Å². The number of halogens is 3. The highest BCUT2D eigenvalue weighted by Crippen LogP contribution is 2.38. The zero-order valence-electron chi connectivity index (χ0n) is 8.84. The highest BCUT2D eigenvalue weighted by atomic mass is 19.4. The maximum absolute atomic E-state index is 12.8. The molecule has 1 unspecified atom stereocenters. The molecular formula is C12H8F3NO. The number of alkyl halides is 3. The summed E-state index contributed by atoms with van der Waals surface area (Å²) in [7, 11) is 0. The summed E-state index contributed by atoms with van der Waals surface area (Å²) in [4.78, 5) is 0. The minimum absolute atomic E-state index is 0.0306. The molecule has 0 radical (unpaired) electrons. The predicted molar refractivity (Wildman–Crippen MR) is 54.6 cm³/mol. The highest BCUT2D eigenvalue weighted by Gasteiger charge is 2.54. The second-order valence-corrected chi connectivity index (χ2v) is 3.28. The lowest BCUT2D eigenvalue weighted by Crippen LogP contribution is -2.41. The van der Waals surface area contributed by atoms with Gasteiger partial charge in [0, 0.05) is 5.56 Å². The molecular weight excluding hydrogens is 231 g/mol.